The lowest BCUT2D eigenvalue weighted by atomic mass is 10.3. The molecule has 3 aromatic rings. The van der Waals surface area contributed by atoms with Crippen molar-refractivity contribution in [2.45, 2.75) is 4.90 Å². The number of amides is 1. The van der Waals surface area contributed by atoms with Gasteiger partial charge in [-0.15, -0.1) is 22.7 Å². The monoisotopic (exact) mass is 489 g/mol. The number of thiazole rings is 1. The zero-order valence-electron chi connectivity index (χ0n) is 15.2. The van der Waals surface area contributed by atoms with Gasteiger partial charge in [0, 0.05) is 31.6 Å². The van der Waals surface area contributed by atoms with Gasteiger partial charge >= 0.3 is 0 Å². The number of hydrogen-bond donors (Lipinski definition) is 0. The lowest BCUT2D eigenvalue weighted by Gasteiger charge is -2.33. The second-order valence-electron chi connectivity index (χ2n) is 6.41. The van der Waals surface area contributed by atoms with Gasteiger partial charge in [0.25, 0.3) is 5.91 Å². The third-order valence-electron chi connectivity index (χ3n) is 4.54. The van der Waals surface area contributed by atoms with Crippen LogP contribution in [0.4, 0.5) is 8.78 Å². The maximum absolute atomic E-state index is 13.9. The van der Waals surface area contributed by atoms with Gasteiger partial charge in [0.15, 0.2) is 0 Å². The number of piperazine rings is 1. The Bertz CT molecular complexity index is 1200. The summed E-state index contributed by atoms with van der Waals surface area (Å²) < 4.78 is 54.4. The van der Waals surface area contributed by atoms with Gasteiger partial charge in [-0.05, 0) is 30.3 Å². The van der Waals surface area contributed by atoms with Crippen LogP contribution in [0.5, 0.6) is 0 Å². The Kier molecular flexibility index (Phi) is 5.90. The number of carbonyl (C=O) groups is 1. The number of carbonyl (C=O) groups excluding carboxylic acids is 1. The fourth-order valence-electron chi connectivity index (χ4n) is 3.02. The van der Waals surface area contributed by atoms with Crippen LogP contribution in [0, 0.1) is 11.6 Å². The molecule has 1 fully saturated rings. The van der Waals surface area contributed by atoms with E-state index in [0.717, 1.165) is 21.3 Å². The van der Waals surface area contributed by atoms with Gasteiger partial charge in [-0.25, -0.2) is 22.2 Å². The number of rotatable bonds is 4. The highest BCUT2D eigenvalue weighted by Gasteiger charge is 2.33. The highest BCUT2D eigenvalue weighted by Crippen LogP contribution is 2.33. The molecule has 158 valence electrons. The maximum Gasteiger partial charge on any atom is 0.273 e. The summed E-state index contributed by atoms with van der Waals surface area (Å²) in [6.07, 6.45) is 0. The largest absolute Gasteiger partial charge is 0.335 e. The van der Waals surface area contributed by atoms with Crippen molar-refractivity contribution < 1.29 is 22.0 Å². The Balaban J connectivity index is 1.45. The van der Waals surface area contributed by atoms with E-state index < -0.39 is 26.6 Å². The van der Waals surface area contributed by atoms with E-state index in [9.17, 15) is 22.0 Å². The van der Waals surface area contributed by atoms with Crippen LogP contribution in [0.15, 0.2) is 40.6 Å². The second kappa shape index (κ2) is 8.31. The number of nitrogens with zero attached hydrogens (tertiary/aromatic N) is 3. The van der Waals surface area contributed by atoms with Gasteiger partial charge in [-0.3, -0.25) is 4.79 Å². The SMILES string of the molecule is O=C(c1csc(-c2ccc(Cl)s2)n1)N1CCN(S(=O)(=O)c2cc(F)ccc2F)CC1. The molecule has 0 saturated carbocycles. The van der Waals surface area contributed by atoms with Crippen LogP contribution < -0.4 is 0 Å². The van der Waals surface area contributed by atoms with Crippen LogP contribution >= 0.6 is 34.3 Å². The lowest BCUT2D eigenvalue weighted by Crippen LogP contribution is -2.50. The number of halogens is 3. The number of benzene rings is 1. The van der Waals surface area contributed by atoms with Crippen molar-refractivity contribution in [1.29, 1.82) is 0 Å². The van der Waals surface area contributed by atoms with E-state index in [1.54, 1.807) is 11.4 Å². The highest BCUT2D eigenvalue weighted by molar-refractivity contribution is 7.89. The molecule has 1 amide bonds. The fraction of sp³-hybridized carbons (Fsp3) is 0.222. The van der Waals surface area contributed by atoms with Crippen molar-refractivity contribution in [2.24, 2.45) is 0 Å². The zero-order valence-corrected chi connectivity index (χ0v) is 18.4. The molecule has 30 heavy (non-hydrogen) atoms. The Morgan fingerprint density at radius 2 is 1.83 bits per heavy atom. The lowest BCUT2D eigenvalue weighted by molar-refractivity contribution is 0.0692. The van der Waals surface area contributed by atoms with E-state index in [4.69, 9.17) is 11.6 Å². The minimum atomic E-state index is -4.20. The summed E-state index contributed by atoms with van der Waals surface area (Å²) in [7, 11) is -4.20. The Labute approximate surface area is 184 Å². The van der Waals surface area contributed by atoms with Crippen molar-refractivity contribution in [1.82, 2.24) is 14.2 Å². The minimum Gasteiger partial charge on any atom is -0.335 e. The number of hydrogen-bond acceptors (Lipinski definition) is 6. The first-order valence-electron chi connectivity index (χ1n) is 8.71. The van der Waals surface area contributed by atoms with E-state index in [2.05, 4.69) is 4.98 Å². The number of thiophene rings is 1. The average Bonchev–Trinajstić information content (AvgIpc) is 3.38. The molecule has 0 radical (unpaired) electrons. The van der Waals surface area contributed by atoms with Gasteiger partial charge in [-0.1, -0.05) is 11.6 Å². The molecule has 4 rings (SSSR count). The molecule has 1 aromatic carbocycles. The molecule has 0 spiro atoms. The molecule has 0 atom stereocenters. The topological polar surface area (TPSA) is 70.6 Å². The Morgan fingerprint density at radius 3 is 2.50 bits per heavy atom. The maximum atomic E-state index is 13.9. The van der Waals surface area contributed by atoms with Crippen molar-refractivity contribution in [3.8, 4) is 9.88 Å². The molecule has 0 N–H and O–H groups in total. The molecule has 2 aromatic heterocycles. The van der Waals surface area contributed by atoms with E-state index in [1.807, 2.05) is 6.07 Å². The van der Waals surface area contributed by atoms with E-state index >= 15 is 0 Å². The first-order chi connectivity index (χ1) is 14.3. The third kappa shape index (κ3) is 4.12. The van der Waals surface area contributed by atoms with Crippen molar-refractivity contribution in [3.63, 3.8) is 0 Å². The molecular weight excluding hydrogens is 476 g/mol. The molecule has 0 aliphatic carbocycles. The van der Waals surface area contributed by atoms with Crippen LogP contribution in [0.25, 0.3) is 9.88 Å². The summed E-state index contributed by atoms with van der Waals surface area (Å²) in [4.78, 5) is 18.8. The third-order valence-corrected chi connectivity index (χ3v) is 8.70. The second-order valence-corrected chi connectivity index (χ2v) is 10.9. The van der Waals surface area contributed by atoms with E-state index in [0.29, 0.717) is 15.4 Å². The Morgan fingerprint density at radius 1 is 1.10 bits per heavy atom. The summed E-state index contributed by atoms with van der Waals surface area (Å²) in [5, 5.41) is 2.33. The zero-order chi connectivity index (χ0) is 21.5. The van der Waals surface area contributed by atoms with E-state index in [-0.39, 0.29) is 37.8 Å². The summed E-state index contributed by atoms with van der Waals surface area (Å²) in [5.41, 5.74) is 0.270. The van der Waals surface area contributed by atoms with Crippen LogP contribution in [0.2, 0.25) is 4.34 Å². The van der Waals surface area contributed by atoms with Crippen molar-refractivity contribution in [3.05, 3.63) is 57.4 Å². The fourth-order valence-corrected chi connectivity index (χ4v) is 6.43. The summed E-state index contributed by atoms with van der Waals surface area (Å²) in [5.74, 6) is -2.16. The minimum absolute atomic E-state index is 0.0262. The quantitative estimate of drug-likeness (QED) is 0.556. The highest BCUT2D eigenvalue weighted by atomic mass is 35.5. The van der Waals surface area contributed by atoms with Gasteiger partial charge < -0.3 is 4.90 Å². The van der Waals surface area contributed by atoms with Crippen molar-refractivity contribution >= 4 is 50.2 Å². The Hall–Kier alpha value is -1.92. The van der Waals surface area contributed by atoms with E-state index in [1.165, 1.54) is 27.6 Å². The molecule has 6 nitrogen and oxygen atoms in total. The van der Waals surface area contributed by atoms with Gasteiger partial charge in [-0.2, -0.15) is 4.31 Å². The molecular formula is C18H14ClF2N3O3S3. The molecule has 0 bridgehead atoms. The molecule has 1 aliphatic heterocycles. The van der Waals surface area contributed by atoms with Gasteiger partial charge in [0.2, 0.25) is 10.0 Å². The first kappa shape index (κ1) is 21.3. The summed E-state index contributed by atoms with van der Waals surface area (Å²) in [6, 6.07) is 5.89. The van der Waals surface area contributed by atoms with Crippen LogP contribution in [0.3, 0.4) is 0 Å². The molecule has 12 heteroatoms. The predicted molar refractivity (Wildman–Crippen MR) is 111 cm³/mol. The molecule has 1 aliphatic rings. The normalized spacial score (nSPS) is 15.5. The summed E-state index contributed by atoms with van der Waals surface area (Å²) >= 11 is 8.62. The summed E-state index contributed by atoms with van der Waals surface area (Å²) in [6.45, 7) is 0.183. The van der Waals surface area contributed by atoms with Crippen LogP contribution in [-0.2, 0) is 10.0 Å². The van der Waals surface area contributed by atoms with Crippen LogP contribution in [-0.4, -0.2) is 54.7 Å². The van der Waals surface area contributed by atoms with Gasteiger partial charge in [0.1, 0.15) is 27.2 Å². The van der Waals surface area contributed by atoms with Crippen LogP contribution in [0.1, 0.15) is 10.5 Å². The smallest absolute Gasteiger partial charge is 0.273 e. The predicted octanol–water partition coefficient (Wildman–Crippen LogP) is 3.95. The molecule has 0 unspecified atom stereocenters. The standard InChI is InChI=1S/C18H14ClF2N3O3S3/c19-16-4-3-14(29-16)17-22-13(10-28-17)18(25)23-5-7-24(8-6-23)30(26,27)15-9-11(20)1-2-12(15)21/h1-4,9-10H,5-8H2. The van der Waals surface area contributed by atoms with Gasteiger partial charge in [0.05, 0.1) is 9.21 Å². The average molecular weight is 490 g/mol. The first-order valence-corrected chi connectivity index (χ1v) is 12.2. The number of aromatic nitrogens is 1. The molecule has 1 saturated heterocycles. The molecule has 3 heterocycles. The van der Waals surface area contributed by atoms with Crippen molar-refractivity contribution in [2.75, 3.05) is 26.2 Å². The number of sulfonamides is 1.